The molecule has 0 saturated carbocycles. The van der Waals surface area contributed by atoms with Gasteiger partial charge >= 0.3 is 0 Å². The van der Waals surface area contributed by atoms with E-state index in [4.69, 9.17) is 11.6 Å². The van der Waals surface area contributed by atoms with Crippen LogP contribution < -0.4 is 10.9 Å². The van der Waals surface area contributed by atoms with Crippen LogP contribution in [0.15, 0.2) is 35.1 Å². The van der Waals surface area contributed by atoms with Gasteiger partial charge in [-0.05, 0) is 56.5 Å². The Morgan fingerprint density at radius 2 is 1.88 bits per heavy atom. The third-order valence-electron chi connectivity index (χ3n) is 3.87. The van der Waals surface area contributed by atoms with E-state index in [0.717, 1.165) is 23.2 Å². The fraction of sp³-hybridized carbons (Fsp3) is 0.368. The Labute approximate surface area is 147 Å². The lowest BCUT2D eigenvalue weighted by Gasteiger charge is -2.17. The van der Waals surface area contributed by atoms with Gasteiger partial charge < -0.3 is 9.88 Å². The molecule has 4 nitrogen and oxygen atoms in total. The number of aryl methyl sites for hydroxylation is 1. The van der Waals surface area contributed by atoms with Gasteiger partial charge in [0, 0.05) is 16.8 Å². The molecule has 2 rings (SSSR count). The van der Waals surface area contributed by atoms with Gasteiger partial charge in [-0.25, -0.2) is 0 Å². The number of nitrogens with zero attached hydrogens (tertiary/aromatic N) is 1. The topological polar surface area (TPSA) is 51.1 Å². The second-order valence-corrected chi connectivity index (χ2v) is 6.62. The van der Waals surface area contributed by atoms with E-state index in [-0.39, 0.29) is 23.1 Å². The highest BCUT2D eigenvalue weighted by molar-refractivity contribution is 6.30. The summed E-state index contributed by atoms with van der Waals surface area (Å²) in [5.74, 6) is -0.328. The standard InChI is InChI=1S/C19H23ClN2O2/c1-5-17-13(4)10-16(18(23)21-12(2)3)19(24)22(17)11-14-6-8-15(20)9-7-14/h6-10,12H,5,11H2,1-4H3,(H,21,23). The van der Waals surface area contributed by atoms with E-state index in [9.17, 15) is 9.59 Å². The van der Waals surface area contributed by atoms with Crippen LogP contribution in [-0.2, 0) is 13.0 Å². The van der Waals surface area contributed by atoms with Crippen molar-refractivity contribution in [1.82, 2.24) is 9.88 Å². The maximum absolute atomic E-state index is 12.9. The molecule has 0 aliphatic rings. The molecule has 0 saturated heterocycles. The molecule has 0 radical (unpaired) electrons. The fourth-order valence-corrected chi connectivity index (χ4v) is 2.88. The van der Waals surface area contributed by atoms with Crippen molar-refractivity contribution in [2.75, 3.05) is 0 Å². The van der Waals surface area contributed by atoms with Gasteiger partial charge in [-0.2, -0.15) is 0 Å². The Kier molecular flexibility index (Phi) is 5.84. The molecule has 24 heavy (non-hydrogen) atoms. The number of rotatable bonds is 5. The van der Waals surface area contributed by atoms with Crippen LogP contribution in [0.1, 0.15) is 48.0 Å². The second-order valence-electron chi connectivity index (χ2n) is 6.19. The van der Waals surface area contributed by atoms with Crippen molar-refractivity contribution in [2.45, 2.75) is 46.7 Å². The molecule has 1 aromatic heterocycles. The van der Waals surface area contributed by atoms with Crippen molar-refractivity contribution in [2.24, 2.45) is 0 Å². The number of hydrogen-bond acceptors (Lipinski definition) is 2. The summed E-state index contributed by atoms with van der Waals surface area (Å²) >= 11 is 5.92. The zero-order valence-corrected chi connectivity index (χ0v) is 15.3. The molecule has 0 aliphatic carbocycles. The lowest BCUT2D eigenvalue weighted by molar-refractivity contribution is 0.0941. The van der Waals surface area contributed by atoms with E-state index in [1.165, 1.54) is 0 Å². The predicted octanol–water partition coefficient (Wildman–Crippen LogP) is 3.56. The number of nitrogens with one attached hydrogen (secondary N) is 1. The Bertz CT molecular complexity index is 792. The summed E-state index contributed by atoms with van der Waals surface area (Å²) in [6.07, 6.45) is 0.723. The van der Waals surface area contributed by atoms with Crippen molar-refractivity contribution >= 4 is 17.5 Å². The van der Waals surface area contributed by atoms with Gasteiger partial charge in [0.05, 0.1) is 6.54 Å². The normalized spacial score (nSPS) is 10.9. The van der Waals surface area contributed by atoms with Gasteiger partial charge in [0.2, 0.25) is 0 Å². The number of pyridine rings is 1. The highest BCUT2D eigenvalue weighted by atomic mass is 35.5. The third kappa shape index (κ3) is 4.06. The first kappa shape index (κ1) is 18.3. The van der Waals surface area contributed by atoms with E-state index in [2.05, 4.69) is 5.32 Å². The van der Waals surface area contributed by atoms with Crippen molar-refractivity contribution < 1.29 is 4.79 Å². The number of carbonyl (C=O) groups is 1. The third-order valence-corrected chi connectivity index (χ3v) is 4.12. The Hall–Kier alpha value is -2.07. The zero-order chi connectivity index (χ0) is 17.9. The molecular weight excluding hydrogens is 324 g/mol. The Balaban J connectivity index is 2.51. The van der Waals surface area contributed by atoms with Gasteiger partial charge in [-0.3, -0.25) is 9.59 Å². The van der Waals surface area contributed by atoms with Crippen molar-refractivity contribution in [3.63, 3.8) is 0 Å². The Morgan fingerprint density at radius 1 is 1.25 bits per heavy atom. The van der Waals surface area contributed by atoms with Crippen LogP contribution in [0.2, 0.25) is 5.02 Å². The van der Waals surface area contributed by atoms with Gasteiger partial charge in [0.25, 0.3) is 11.5 Å². The minimum absolute atomic E-state index is 0.0206. The van der Waals surface area contributed by atoms with Gasteiger partial charge in [0.1, 0.15) is 5.56 Å². The molecule has 0 spiro atoms. The summed E-state index contributed by atoms with van der Waals surface area (Å²) in [5.41, 5.74) is 2.78. The van der Waals surface area contributed by atoms with Crippen LogP contribution in [0.4, 0.5) is 0 Å². The molecule has 5 heteroatoms. The fourth-order valence-electron chi connectivity index (χ4n) is 2.75. The molecule has 0 aliphatic heterocycles. The average Bonchev–Trinajstić information content (AvgIpc) is 2.52. The lowest BCUT2D eigenvalue weighted by atomic mass is 10.1. The minimum Gasteiger partial charge on any atom is -0.350 e. The predicted molar refractivity (Wildman–Crippen MR) is 98.0 cm³/mol. The van der Waals surface area contributed by atoms with Crippen LogP contribution in [0.3, 0.4) is 0 Å². The quantitative estimate of drug-likeness (QED) is 0.900. The van der Waals surface area contributed by atoms with E-state index in [1.807, 2.05) is 39.8 Å². The van der Waals surface area contributed by atoms with Gasteiger partial charge in [0.15, 0.2) is 0 Å². The van der Waals surface area contributed by atoms with E-state index < -0.39 is 0 Å². The maximum atomic E-state index is 12.9. The Morgan fingerprint density at radius 3 is 2.42 bits per heavy atom. The summed E-state index contributed by atoms with van der Waals surface area (Å²) < 4.78 is 1.69. The number of hydrogen-bond donors (Lipinski definition) is 1. The molecule has 0 unspecified atom stereocenters. The summed E-state index contributed by atoms with van der Waals surface area (Å²) in [4.78, 5) is 25.2. The molecule has 1 aromatic carbocycles. The molecular formula is C19H23ClN2O2. The minimum atomic E-state index is -0.328. The molecule has 1 N–H and O–H groups in total. The van der Waals surface area contributed by atoms with E-state index in [0.29, 0.717) is 11.6 Å². The largest absolute Gasteiger partial charge is 0.350 e. The molecule has 0 fully saturated rings. The first-order chi connectivity index (χ1) is 11.3. The number of benzene rings is 1. The number of halogens is 1. The first-order valence-electron chi connectivity index (χ1n) is 8.12. The van der Waals surface area contributed by atoms with Gasteiger partial charge in [-0.1, -0.05) is 30.7 Å². The monoisotopic (exact) mass is 346 g/mol. The zero-order valence-electron chi connectivity index (χ0n) is 14.5. The van der Waals surface area contributed by atoms with Crippen LogP contribution in [0, 0.1) is 6.92 Å². The average molecular weight is 347 g/mol. The van der Waals surface area contributed by atoms with Crippen molar-refractivity contribution in [1.29, 1.82) is 0 Å². The highest BCUT2D eigenvalue weighted by Gasteiger charge is 2.17. The molecule has 2 aromatic rings. The van der Waals surface area contributed by atoms with Crippen molar-refractivity contribution in [3.05, 3.63) is 68.1 Å². The molecule has 0 atom stereocenters. The maximum Gasteiger partial charge on any atom is 0.263 e. The first-order valence-corrected chi connectivity index (χ1v) is 8.49. The van der Waals surface area contributed by atoms with E-state index >= 15 is 0 Å². The summed E-state index contributed by atoms with van der Waals surface area (Å²) in [7, 11) is 0. The molecule has 1 amide bonds. The number of amides is 1. The molecule has 128 valence electrons. The van der Waals surface area contributed by atoms with Crippen molar-refractivity contribution in [3.8, 4) is 0 Å². The van der Waals surface area contributed by atoms with Crippen LogP contribution in [0.5, 0.6) is 0 Å². The smallest absolute Gasteiger partial charge is 0.263 e. The van der Waals surface area contributed by atoms with Gasteiger partial charge in [-0.15, -0.1) is 0 Å². The molecule has 0 bridgehead atoms. The summed E-state index contributed by atoms with van der Waals surface area (Å²) in [6, 6.07) is 9.06. The lowest BCUT2D eigenvalue weighted by Crippen LogP contribution is -2.37. The summed E-state index contributed by atoms with van der Waals surface area (Å²) in [5, 5.41) is 3.45. The summed E-state index contributed by atoms with van der Waals surface area (Å²) in [6.45, 7) is 8.11. The SMILES string of the molecule is CCc1c(C)cc(C(=O)NC(C)C)c(=O)n1Cc1ccc(Cl)cc1. The molecule has 1 heterocycles. The van der Waals surface area contributed by atoms with Crippen LogP contribution in [-0.4, -0.2) is 16.5 Å². The second kappa shape index (κ2) is 7.67. The number of carbonyl (C=O) groups excluding carboxylic acids is 1. The van der Waals surface area contributed by atoms with E-state index in [1.54, 1.807) is 22.8 Å². The van der Waals surface area contributed by atoms with Crippen LogP contribution in [0.25, 0.3) is 0 Å². The van der Waals surface area contributed by atoms with Crippen LogP contribution >= 0.6 is 11.6 Å². The number of aromatic nitrogens is 1. The highest BCUT2D eigenvalue weighted by Crippen LogP contribution is 2.14.